The second-order valence-electron chi connectivity index (χ2n) is 5.80. The lowest BCUT2D eigenvalue weighted by Crippen LogP contribution is -2.23. The van der Waals surface area contributed by atoms with Crippen molar-refractivity contribution in [1.82, 2.24) is 9.97 Å². The molecule has 1 aromatic heterocycles. The molecule has 1 aliphatic rings. The topological polar surface area (TPSA) is 84.4 Å². The van der Waals surface area contributed by atoms with Crippen molar-refractivity contribution in [1.29, 1.82) is 0 Å². The van der Waals surface area contributed by atoms with Crippen LogP contribution in [0.3, 0.4) is 0 Å². The van der Waals surface area contributed by atoms with Crippen LogP contribution in [0.5, 0.6) is 0 Å². The molecule has 1 aliphatic carbocycles. The maximum absolute atomic E-state index is 13.2. The molecule has 120 valence electrons. The van der Waals surface area contributed by atoms with Crippen molar-refractivity contribution in [3.05, 3.63) is 52.6 Å². The van der Waals surface area contributed by atoms with Gasteiger partial charge < -0.3 is 10.9 Å². The fourth-order valence-corrected chi connectivity index (χ4v) is 3.39. The number of nitrogens with zero attached hydrogens (tertiary/aromatic N) is 3. The van der Waals surface area contributed by atoms with Crippen molar-refractivity contribution in [3.63, 3.8) is 0 Å². The third-order valence-corrected chi connectivity index (χ3v) is 4.39. The summed E-state index contributed by atoms with van der Waals surface area (Å²) in [4.78, 5) is 8.72. The number of hydrogen-bond acceptors (Lipinski definition) is 5. The fraction of sp³-hybridized carbons (Fsp3) is 0.353. The number of aryl methyl sites for hydroxylation is 1. The molecular formula is C17H19FN4O. The molecule has 2 atom stereocenters. The van der Waals surface area contributed by atoms with Crippen molar-refractivity contribution in [2.45, 2.75) is 38.0 Å². The van der Waals surface area contributed by atoms with Gasteiger partial charge in [0.1, 0.15) is 5.82 Å². The van der Waals surface area contributed by atoms with Crippen LogP contribution < -0.4 is 5.73 Å². The first-order chi connectivity index (χ1) is 11.1. The zero-order chi connectivity index (χ0) is 16.4. The van der Waals surface area contributed by atoms with E-state index in [1.54, 1.807) is 12.1 Å². The highest BCUT2D eigenvalue weighted by Crippen LogP contribution is 2.40. The fourth-order valence-electron chi connectivity index (χ4n) is 3.39. The van der Waals surface area contributed by atoms with Crippen LogP contribution in [0.2, 0.25) is 0 Å². The number of benzene rings is 1. The van der Waals surface area contributed by atoms with E-state index >= 15 is 0 Å². The maximum Gasteiger partial charge on any atom is 0.220 e. The summed E-state index contributed by atoms with van der Waals surface area (Å²) in [5.74, 6) is 0.109. The van der Waals surface area contributed by atoms with Gasteiger partial charge >= 0.3 is 0 Å². The Balaban J connectivity index is 2.04. The lowest BCUT2D eigenvalue weighted by atomic mass is 9.75. The Morgan fingerprint density at radius 1 is 1.35 bits per heavy atom. The van der Waals surface area contributed by atoms with Crippen molar-refractivity contribution >= 4 is 12.2 Å². The summed E-state index contributed by atoms with van der Waals surface area (Å²) in [6.07, 6.45) is 3.75. The smallest absolute Gasteiger partial charge is 0.220 e. The number of fused-ring (bicyclic) bond motifs is 1. The van der Waals surface area contributed by atoms with Crippen molar-refractivity contribution in [3.8, 4) is 0 Å². The normalized spacial score (nSPS) is 20.6. The molecule has 0 saturated heterocycles. The third kappa shape index (κ3) is 3.02. The number of halogens is 1. The molecule has 23 heavy (non-hydrogen) atoms. The van der Waals surface area contributed by atoms with Crippen LogP contribution >= 0.6 is 0 Å². The number of anilines is 1. The molecule has 6 heteroatoms. The van der Waals surface area contributed by atoms with Gasteiger partial charge in [-0.1, -0.05) is 19.1 Å². The minimum atomic E-state index is -0.252. The van der Waals surface area contributed by atoms with E-state index in [0.29, 0.717) is 0 Å². The zero-order valence-electron chi connectivity index (χ0n) is 12.9. The van der Waals surface area contributed by atoms with Crippen molar-refractivity contribution in [2.75, 3.05) is 5.73 Å². The van der Waals surface area contributed by atoms with Gasteiger partial charge in [0, 0.05) is 17.2 Å². The SMILES string of the molecule is CCc1nc(N)nc2c1C(C=NO)CC(c1ccc(F)cc1)C2. The Hall–Kier alpha value is -2.50. The summed E-state index contributed by atoms with van der Waals surface area (Å²) in [7, 11) is 0. The molecule has 0 saturated carbocycles. The molecule has 5 nitrogen and oxygen atoms in total. The monoisotopic (exact) mass is 314 g/mol. The summed E-state index contributed by atoms with van der Waals surface area (Å²) in [6.45, 7) is 2.02. The third-order valence-electron chi connectivity index (χ3n) is 4.39. The van der Waals surface area contributed by atoms with Crippen molar-refractivity contribution < 1.29 is 9.60 Å². The minimum absolute atomic E-state index is 0.0747. The Kier molecular flexibility index (Phi) is 4.23. The van der Waals surface area contributed by atoms with E-state index in [2.05, 4.69) is 15.1 Å². The van der Waals surface area contributed by atoms with E-state index < -0.39 is 0 Å². The number of oxime groups is 1. The second kappa shape index (κ2) is 6.32. The van der Waals surface area contributed by atoms with Crippen LogP contribution in [0.4, 0.5) is 10.3 Å². The lowest BCUT2D eigenvalue weighted by molar-refractivity contribution is 0.318. The Labute approximate surface area is 134 Å². The first kappa shape index (κ1) is 15.4. The maximum atomic E-state index is 13.2. The van der Waals surface area contributed by atoms with Crippen LogP contribution in [0.1, 0.15) is 47.7 Å². The van der Waals surface area contributed by atoms with E-state index in [1.165, 1.54) is 18.3 Å². The molecule has 0 spiro atoms. The zero-order valence-corrected chi connectivity index (χ0v) is 12.9. The first-order valence-electron chi connectivity index (χ1n) is 7.70. The number of nitrogen functional groups attached to an aromatic ring is 1. The molecule has 0 bridgehead atoms. The van der Waals surface area contributed by atoms with Gasteiger partial charge in [-0.15, -0.1) is 5.16 Å². The molecule has 1 aromatic carbocycles. The van der Waals surface area contributed by atoms with Crippen LogP contribution in [0, 0.1) is 5.82 Å². The van der Waals surface area contributed by atoms with E-state index in [9.17, 15) is 4.39 Å². The highest BCUT2D eigenvalue weighted by atomic mass is 19.1. The number of nitrogens with two attached hydrogens (primary N) is 1. The summed E-state index contributed by atoms with van der Waals surface area (Å²) in [6, 6.07) is 6.52. The molecule has 1 heterocycles. The summed E-state index contributed by atoms with van der Waals surface area (Å²) < 4.78 is 13.2. The van der Waals surface area contributed by atoms with Gasteiger partial charge in [-0.25, -0.2) is 14.4 Å². The minimum Gasteiger partial charge on any atom is -0.411 e. The molecule has 2 unspecified atom stereocenters. The molecular weight excluding hydrogens is 295 g/mol. The van der Waals surface area contributed by atoms with Crippen LogP contribution in [-0.4, -0.2) is 21.4 Å². The highest BCUT2D eigenvalue weighted by Gasteiger charge is 2.31. The number of rotatable bonds is 3. The Bertz CT molecular complexity index is 730. The van der Waals surface area contributed by atoms with E-state index in [4.69, 9.17) is 10.9 Å². The number of aromatic nitrogens is 2. The quantitative estimate of drug-likeness (QED) is 0.518. The van der Waals surface area contributed by atoms with Gasteiger partial charge in [-0.3, -0.25) is 0 Å². The molecule has 0 amide bonds. The molecule has 0 fully saturated rings. The van der Waals surface area contributed by atoms with Gasteiger partial charge in [0.15, 0.2) is 0 Å². The van der Waals surface area contributed by atoms with Crippen LogP contribution in [-0.2, 0) is 12.8 Å². The van der Waals surface area contributed by atoms with Crippen LogP contribution in [0.25, 0.3) is 0 Å². The first-order valence-corrected chi connectivity index (χ1v) is 7.70. The van der Waals surface area contributed by atoms with Gasteiger partial charge in [-0.2, -0.15) is 0 Å². The average molecular weight is 314 g/mol. The summed E-state index contributed by atoms with van der Waals surface area (Å²) in [5.41, 5.74) is 9.67. The predicted molar refractivity (Wildman–Crippen MR) is 86.3 cm³/mol. The van der Waals surface area contributed by atoms with E-state index in [0.717, 1.165) is 41.8 Å². The van der Waals surface area contributed by atoms with E-state index in [1.807, 2.05) is 6.92 Å². The summed E-state index contributed by atoms with van der Waals surface area (Å²) in [5, 5.41) is 12.2. The Morgan fingerprint density at radius 2 is 2.09 bits per heavy atom. The largest absolute Gasteiger partial charge is 0.411 e. The predicted octanol–water partition coefficient (Wildman–Crippen LogP) is 3.03. The second-order valence-corrected chi connectivity index (χ2v) is 5.80. The Morgan fingerprint density at radius 3 is 2.74 bits per heavy atom. The van der Waals surface area contributed by atoms with Gasteiger partial charge in [0.05, 0.1) is 11.9 Å². The van der Waals surface area contributed by atoms with Gasteiger partial charge in [0.25, 0.3) is 0 Å². The highest BCUT2D eigenvalue weighted by molar-refractivity contribution is 5.69. The van der Waals surface area contributed by atoms with Gasteiger partial charge in [-0.05, 0) is 42.9 Å². The average Bonchev–Trinajstić information content (AvgIpc) is 2.54. The standard InChI is InChI=1S/C17H19FN4O/c1-2-14-16-12(9-20-23)7-11(8-15(16)22-17(19)21-14)10-3-5-13(18)6-4-10/h3-6,9,11-12,23H,2,7-8H2,1H3,(H2,19,21,22). The molecule has 2 aromatic rings. The lowest BCUT2D eigenvalue weighted by Gasteiger charge is -2.30. The van der Waals surface area contributed by atoms with E-state index in [-0.39, 0.29) is 23.6 Å². The van der Waals surface area contributed by atoms with Crippen LogP contribution in [0.15, 0.2) is 29.4 Å². The molecule has 0 aliphatic heterocycles. The van der Waals surface area contributed by atoms with Gasteiger partial charge in [0.2, 0.25) is 5.95 Å². The molecule has 0 radical (unpaired) electrons. The van der Waals surface area contributed by atoms with Crippen molar-refractivity contribution in [2.24, 2.45) is 5.16 Å². The number of hydrogen-bond donors (Lipinski definition) is 2. The molecule has 3 N–H and O–H groups in total. The molecule has 3 rings (SSSR count). The summed E-state index contributed by atoms with van der Waals surface area (Å²) >= 11 is 0.